The second kappa shape index (κ2) is 43.0. The van der Waals surface area contributed by atoms with Crippen LogP contribution in [0.4, 0.5) is 5.69 Å². The summed E-state index contributed by atoms with van der Waals surface area (Å²) in [6.07, 6.45) is 5.33. The zero-order valence-corrected chi connectivity index (χ0v) is 55.6. The number of carbonyl (C=O) groups is 5. The van der Waals surface area contributed by atoms with E-state index in [4.69, 9.17) is 67.6 Å². The number of anilines is 1. The molecule has 95 heavy (non-hydrogen) atoms. The number of nitrogens with one attached hydrogen (secondary N) is 3. The standard InChI is InChI=1S/C71H98N6O18/c1-4-26-84-29-31-86-33-35-88-37-39-90-41-43-92-44-42-91-40-38-89-36-34-87-32-30-85-28-24-65(78)74-63(45-51-14-8-7-9-15-51)69(81)76-62(16-10-12-25-72)68(80)73-53-20-18-52(19-21-53)49-94-66(79)17-11-13-27-93-54-22-23-61-58(46-54)55(5-2)59-48-77-64(67(59)75-61)47-57-56(6-3)71(83)95-50-60(57)70(77)82/h7-9,14-15,18-23,46-47,56,62-63H,4-6,10-13,16-17,24-45,48-50,72H2,1-3H3,(H,73,80)(H,74,78)(H,76,81)/t56-,62+,63+/m1/s1. The third kappa shape index (κ3) is 25.4. The number of rotatable bonds is 50. The zero-order valence-electron chi connectivity index (χ0n) is 55.6. The molecule has 0 spiro atoms. The lowest BCUT2D eigenvalue weighted by molar-refractivity contribution is -0.148. The van der Waals surface area contributed by atoms with Crippen LogP contribution in [0.3, 0.4) is 0 Å². The highest BCUT2D eigenvalue weighted by Crippen LogP contribution is 2.40. The monoisotopic (exact) mass is 1320 g/mol. The van der Waals surface area contributed by atoms with Crippen LogP contribution in [-0.4, -0.2) is 183 Å². The van der Waals surface area contributed by atoms with Crippen molar-refractivity contribution in [1.29, 1.82) is 0 Å². The van der Waals surface area contributed by atoms with E-state index in [9.17, 15) is 28.8 Å². The summed E-state index contributed by atoms with van der Waals surface area (Å²) in [4.78, 5) is 85.2. The van der Waals surface area contributed by atoms with E-state index in [1.807, 2.05) is 61.5 Å². The van der Waals surface area contributed by atoms with Crippen LogP contribution in [0.25, 0.3) is 22.3 Å². The molecule has 0 unspecified atom stereocenters. The van der Waals surface area contributed by atoms with Crippen molar-refractivity contribution in [3.63, 3.8) is 0 Å². The van der Waals surface area contributed by atoms with Gasteiger partial charge in [-0.3, -0.25) is 28.8 Å². The third-order valence-corrected chi connectivity index (χ3v) is 15.9. The highest BCUT2D eigenvalue weighted by molar-refractivity contribution is 5.98. The Morgan fingerprint density at radius 2 is 1.23 bits per heavy atom. The molecule has 3 atom stereocenters. The summed E-state index contributed by atoms with van der Waals surface area (Å²) in [5.74, 6) is -1.80. The lowest BCUT2D eigenvalue weighted by Gasteiger charge is -2.24. The fourth-order valence-electron chi connectivity index (χ4n) is 10.9. The third-order valence-electron chi connectivity index (χ3n) is 15.9. The van der Waals surface area contributed by atoms with Crippen molar-refractivity contribution in [2.24, 2.45) is 5.73 Å². The van der Waals surface area contributed by atoms with Crippen molar-refractivity contribution in [1.82, 2.24) is 20.2 Å². The Bertz CT molecular complexity index is 3200. The van der Waals surface area contributed by atoms with E-state index in [1.54, 1.807) is 28.8 Å². The summed E-state index contributed by atoms with van der Waals surface area (Å²) in [6, 6.07) is 22.0. The van der Waals surface area contributed by atoms with E-state index < -0.39 is 29.8 Å². The number of unbranched alkanes of at least 4 members (excludes halogenated alkanes) is 2. The van der Waals surface area contributed by atoms with Crippen LogP contribution in [-0.2, 0) is 109 Å². The maximum atomic E-state index is 14.0. The van der Waals surface area contributed by atoms with Crippen LogP contribution in [0.5, 0.6) is 5.75 Å². The molecule has 24 heteroatoms. The molecule has 0 fully saturated rings. The van der Waals surface area contributed by atoms with Gasteiger partial charge in [0.2, 0.25) is 17.7 Å². The van der Waals surface area contributed by atoms with Crippen molar-refractivity contribution in [3.05, 3.63) is 123 Å². The second-order valence-electron chi connectivity index (χ2n) is 22.9. The van der Waals surface area contributed by atoms with Crippen molar-refractivity contribution in [2.45, 2.75) is 129 Å². The van der Waals surface area contributed by atoms with Gasteiger partial charge in [-0.15, -0.1) is 0 Å². The van der Waals surface area contributed by atoms with Gasteiger partial charge in [-0.25, -0.2) is 4.98 Å². The van der Waals surface area contributed by atoms with E-state index in [-0.39, 0.29) is 69.1 Å². The molecule has 520 valence electrons. The summed E-state index contributed by atoms with van der Waals surface area (Å²) < 4.78 is 68.5. The van der Waals surface area contributed by atoms with Gasteiger partial charge >= 0.3 is 11.9 Å². The molecule has 2 aliphatic rings. The van der Waals surface area contributed by atoms with E-state index in [1.165, 1.54) is 0 Å². The summed E-state index contributed by atoms with van der Waals surface area (Å²) in [5, 5.41) is 9.60. The summed E-state index contributed by atoms with van der Waals surface area (Å²) >= 11 is 0. The molecule has 4 heterocycles. The number of cyclic esters (lactones) is 1. The van der Waals surface area contributed by atoms with Gasteiger partial charge in [-0.2, -0.15) is 0 Å². The number of pyridine rings is 2. The van der Waals surface area contributed by atoms with E-state index in [0.29, 0.717) is 181 Å². The molecule has 2 aliphatic heterocycles. The Morgan fingerprint density at radius 3 is 1.82 bits per heavy atom. The Hall–Kier alpha value is -7.23. The van der Waals surface area contributed by atoms with E-state index in [2.05, 4.69) is 29.8 Å². The minimum absolute atomic E-state index is 0.000917. The van der Waals surface area contributed by atoms with Crippen LogP contribution < -0.4 is 32.0 Å². The quantitative estimate of drug-likeness (QED) is 0.0219. The Balaban J connectivity index is 0.743. The van der Waals surface area contributed by atoms with Crippen molar-refractivity contribution >= 4 is 46.3 Å². The van der Waals surface area contributed by atoms with Crippen molar-refractivity contribution < 1.29 is 80.8 Å². The number of hydrogen-bond acceptors (Lipinski definition) is 20. The molecule has 0 radical (unpaired) electrons. The maximum Gasteiger partial charge on any atom is 0.313 e. The van der Waals surface area contributed by atoms with Gasteiger partial charge in [0.1, 0.15) is 31.0 Å². The normalized spacial score (nSPS) is 13.8. The molecule has 0 aliphatic carbocycles. The molecule has 0 bridgehead atoms. The van der Waals surface area contributed by atoms with Gasteiger partial charge in [0.05, 0.1) is 154 Å². The molecular weight excluding hydrogens is 1220 g/mol. The first-order valence-electron chi connectivity index (χ1n) is 33.6. The van der Waals surface area contributed by atoms with Crippen molar-refractivity contribution in [2.75, 3.05) is 137 Å². The Labute approximate surface area is 557 Å². The highest BCUT2D eigenvalue weighted by atomic mass is 16.6. The molecule has 5 aromatic rings. The van der Waals surface area contributed by atoms with Gasteiger partial charge in [-0.1, -0.05) is 63.2 Å². The SMILES string of the molecule is CCCOCCOCCOCCOCCOCCOCCOCCOCCOCCC(=O)N[C@@H](Cc1ccccc1)C(=O)N[C@@H](CCCCN)C(=O)Nc1ccc(COC(=O)CCCCOc2ccc3nc4c(c(CC)c3c2)Cn2c-4cc3c(c2=O)COC(=O)[C@@H]3CC)cc1. The lowest BCUT2D eigenvalue weighted by atomic mass is 9.90. The van der Waals surface area contributed by atoms with E-state index in [0.717, 1.165) is 63.1 Å². The number of benzene rings is 3. The fraction of sp³-hybridized carbons (Fsp3) is 0.563. The first kappa shape index (κ1) is 75.2. The topological polar surface area (TPSA) is 293 Å². The molecule has 0 saturated heterocycles. The molecule has 0 saturated carbocycles. The molecule has 24 nitrogen and oxygen atoms in total. The van der Waals surface area contributed by atoms with Gasteiger partial charge in [0.15, 0.2) is 0 Å². The predicted octanol–water partition coefficient (Wildman–Crippen LogP) is 7.06. The van der Waals surface area contributed by atoms with Crippen LogP contribution in [0.15, 0.2) is 83.7 Å². The first-order valence-corrected chi connectivity index (χ1v) is 33.6. The summed E-state index contributed by atoms with van der Waals surface area (Å²) in [5.41, 5.74) is 13.3. The minimum atomic E-state index is -0.985. The largest absolute Gasteiger partial charge is 0.494 e. The van der Waals surface area contributed by atoms with Gasteiger partial charge < -0.3 is 83.1 Å². The first-order chi connectivity index (χ1) is 46.5. The number of nitrogens with two attached hydrogens (primary N) is 1. The maximum absolute atomic E-state index is 14.0. The number of hydrogen-bond donors (Lipinski definition) is 4. The number of fused-ring (bicyclic) bond motifs is 5. The molecule has 2 aromatic heterocycles. The highest BCUT2D eigenvalue weighted by Gasteiger charge is 2.35. The Morgan fingerprint density at radius 1 is 0.621 bits per heavy atom. The van der Waals surface area contributed by atoms with Crippen molar-refractivity contribution in [3.8, 4) is 17.1 Å². The van der Waals surface area contributed by atoms with Crippen LogP contribution >= 0.6 is 0 Å². The number of amides is 3. The van der Waals surface area contributed by atoms with Gasteiger partial charge in [0.25, 0.3) is 5.56 Å². The number of esters is 2. The molecule has 5 N–H and O–H groups in total. The average Bonchev–Trinajstić information content (AvgIpc) is 1.61. The second-order valence-corrected chi connectivity index (χ2v) is 22.9. The van der Waals surface area contributed by atoms with Crippen LogP contribution in [0, 0.1) is 0 Å². The fourth-order valence-corrected chi connectivity index (χ4v) is 10.9. The van der Waals surface area contributed by atoms with Gasteiger partial charge in [0, 0.05) is 42.5 Å². The van der Waals surface area contributed by atoms with Gasteiger partial charge in [-0.05, 0) is 117 Å². The number of aromatic nitrogens is 2. The van der Waals surface area contributed by atoms with E-state index >= 15 is 0 Å². The minimum Gasteiger partial charge on any atom is -0.494 e. The number of aryl methyl sites for hydroxylation is 1. The lowest BCUT2D eigenvalue weighted by Crippen LogP contribution is -2.53. The predicted molar refractivity (Wildman–Crippen MR) is 356 cm³/mol. The smallest absolute Gasteiger partial charge is 0.313 e. The van der Waals surface area contributed by atoms with Crippen LogP contribution in [0.1, 0.15) is 118 Å². The summed E-state index contributed by atoms with van der Waals surface area (Å²) in [6.45, 7) is 15.3. The summed E-state index contributed by atoms with van der Waals surface area (Å²) in [7, 11) is 0. The number of carbonyl (C=O) groups excluding carboxylic acids is 5. The molecular formula is C71H98N6O18. The Kier molecular flexibility index (Phi) is 34.1. The molecule has 3 aromatic carbocycles. The number of ether oxygens (including phenoxy) is 12. The molecule has 7 rings (SSSR count). The average molecular weight is 1320 g/mol. The number of nitrogens with zero attached hydrogens (tertiary/aromatic N) is 2. The van der Waals surface area contributed by atoms with Crippen LogP contribution in [0.2, 0.25) is 0 Å². The molecule has 3 amide bonds. The zero-order chi connectivity index (χ0) is 67.2.